The molecule has 1 N–H and O–H groups in total. The van der Waals surface area contributed by atoms with Gasteiger partial charge in [0.2, 0.25) is 11.7 Å². The van der Waals surface area contributed by atoms with Crippen LogP contribution in [0.15, 0.2) is 53.1 Å². The van der Waals surface area contributed by atoms with E-state index >= 15 is 0 Å². The molecule has 3 aromatic rings. The van der Waals surface area contributed by atoms with Crippen molar-refractivity contribution < 1.29 is 14.1 Å². The third-order valence-electron chi connectivity index (χ3n) is 3.12. The summed E-state index contributed by atoms with van der Waals surface area (Å²) in [5.41, 5.74) is 1.27. The predicted molar refractivity (Wildman–Crippen MR) is 90.0 cm³/mol. The van der Waals surface area contributed by atoms with Crippen molar-refractivity contribution in [2.24, 2.45) is 0 Å². The fourth-order valence-electron chi connectivity index (χ4n) is 2.09. The van der Waals surface area contributed by atoms with Gasteiger partial charge in [-0.2, -0.15) is 4.98 Å². The Kier molecular flexibility index (Phi) is 4.77. The summed E-state index contributed by atoms with van der Waals surface area (Å²) in [5.74, 6) is 1.08. The average Bonchev–Trinajstić information content (AvgIpc) is 2.99. The molecule has 3 rings (SSSR count). The maximum absolute atomic E-state index is 12.0. The van der Waals surface area contributed by atoms with E-state index in [1.54, 1.807) is 49.4 Å². The van der Waals surface area contributed by atoms with E-state index in [4.69, 9.17) is 20.9 Å². The van der Waals surface area contributed by atoms with Gasteiger partial charge in [-0.15, -0.1) is 0 Å². The Morgan fingerprint density at radius 3 is 2.83 bits per heavy atom. The Balaban J connectivity index is 1.67. The monoisotopic (exact) mass is 343 g/mol. The van der Waals surface area contributed by atoms with Crippen molar-refractivity contribution in [3.05, 3.63) is 59.4 Å². The van der Waals surface area contributed by atoms with Gasteiger partial charge in [0.05, 0.1) is 5.56 Å². The topological polar surface area (TPSA) is 77.2 Å². The van der Waals surface area contributed by atoms with Gasteiger partial charge in [-0.05, 0) is 30.3 Å². The minimum absolute atomic E-state index is 0.152. The normalized spacial score (nSPS) is 10.4. The number of hydrogen-bond donors (Lipinski definition) is 1. The Morgan fingerprint density at radius 2 is 2.08 bits per heavy atom. The summed E-state index contributed by atoms with van der Waals surface area (Å²) in [6, 6.07) is 14.1. The van der Waals surface area contributed by atoms with Crippen LogP contribution < -0.4 is 10.1 Å². The average molecular weight is 344 g/mol. The minimum Gasteiger partial charge on any atom is -0.483 e. The number of nitrogens with zero attached hydrogens (tertiary/aromatic N) is 2. The Labute approximate surface area is 143 Å². The third kappa shape index (κ3) is 3.91. The minimum atomic E-state index is -0.295. The SMILES string of the molecule is Cc1nc(-c2ccccc2OCC(=O)Nc2cccc(Cl)c2)no1. The largest absolute Gasteiger partial charge is 0.483 e. The molecule has 0 aliphatic carbocycles. The molecule has 7 heteroatoms. The van der Waals surface area contributed by atoms with Crippen LogP contribution in [0.1, 0.15) is 5.89 Å². The predicted octanol–water partition coefficient (Wildman–Crippen LogP) is 3.72. The number of aryl methyl sites for hydroxylation is 1. The number of para-hydroxylation sites is 1. The zero-order valence-corrected chi connectivity index (χ0v) is 13.6. The van der Waals surface area contributed by atoms with Crippen LogP contribution in [0.2, 0.25) is 5.02 Å². The lowest BCUT2D eigenvalue weighted by Crippen LogP contribution is -2.20. The molecule has 1 heterocycles. The first-order chi connectivity index (χ1) is 11.6. The lowest BCUT2D eigenvalue weighted by atomic mass is 10.2. The maximum Gasteiger partial charge on any atom is 0.262 e. The summed E-state index contributed by atoms with van der Waals surface area (Å²) in [4.78, 5) is 16.2. The molecule has 0 radical (unpaired) electrons. The van der Waals surface area contributed by atoms with E-state index in [9.17, 15) is 4.79 Å². The van der Waals surface area contributed by atoms with E-state index in [1.807, 2.05) is 6.07 Å². The molecule has 0 aliphatic rings. The number of nitrogens with one attached hydrogen (secondary N) is 1. The van der Waals surface area contributed by atoms with Gasteiger partial charge in [0.1, 0.15) is 5.75 Å². The number of carbonyl (C=O) groups is 1. The number of halogens is 1. The van der Waals surface area contributed by atoms with E-state index in [2.05, 4.69) is 15.5 Å². The molecular weight excluding hydrogens is 330 g/mol. The lowest BCUT2D eigenvalue weighted by molar-refractivity contribution is -0.118. The maximum atomic E-state index is 12.0. The molecule has 0 fully saturated rings. The third-order valence-corrected chi connectivity index (χ3v) is 3.36. The van der Waals surface area contributed by atoms with Crippen molar-refractivity contribution in [1.82, 2.24) is 10.1 Å². The molecule has 0 saturated carbocycles. The van der Waals surface area contributed by atoms with Gasteiger partial charge in [-0.3, -0.25) is 4.79 Å². The number of carbonyl (C=O) groups excluding carboxylic acids is 1. The van der Waals surface area contributed by atoms with Crippen molar-refractivity contribution in [2.75, 3.05) is 11.9 Å². The van der Waals surface area contributed by atoms with Gasteiger partial charge < -0.3 is 14.6 Å². The standard InChI is InChI=1S/C17H14ClN3O3/c1-11-19-17(21-24-11)14-7-2-3-8-15(14)23-10-16(22)20-13-6-4-5-12(18)9-13/h2-9H,10H2,1H3,(H,20,22). The second-order valence-electron chi connectivity index (χ2n) is 4.98. The van der Waals surface area contributed by atoms with Gasteiger partial charge >= 0.3 is 0 Å². The van der Waals surface area contributed by atoms with Crippen molar-refractivity contribution in [2.45, 2.75) is 6.92 Å². The fraction of sp³-hybridized carbons (Fsp3) is 0.118. The zero-order valence-electron chi connectivity index (χ0n) is 12.8. The number of aromatic nitrogens is 2. The summed E-state index contributed by atoms with van der Waals surface area (Å²) in [7, 11) is 0. The molecule has 0 atom stereocenters. The molecule has 0 unspecified atom stereocenters. The second-order valence-corrected chi connectivity index (χ2v) is 5.42. The smallest absolute Gasteiger partial charge is 0.262 e. The van der Waals surface area contributed by atoms with Crippen molar-refractivity contribution in [1.29, 1.82) is 0 Å². The molecule has 1 amide bonds. The zero-order chi connectivity index (χ0) is 16.9. The van der Waals surface area contributed by atoms with Gasteiger partial charge in [0, 0.05) is 17.6 Å². The second kappa shape index (κ2) is 7.14. The highest BCUT2D eigenvalue weighted by Gasteiger charge is 2.13. The van der Waals surface area contributed by atoms with Crippen LogP contribution in [0.3, 0.4) is 0 Å². The summed E-state index contributed by atoms with van der Waals surface area (Å²) < 4.78 is 10.6. The van der Waals surface area contributed by atoms with Crippen LogP contribution in [0, 0.1) is 6.92 Å². The molecule has 2 aromatic carbocycles. The highest BCUT2D eigenvalue weighted by molar-refractivity contribution is 6.30. The molecule has 24 heavy (non-hydrogen) atoms. The number of ether oxygens (including phenoxy) is 1. The van der Waals surface area contributed by atoms with E-state index in [0.29, 0.717) is 33.7 Å². The highest BCUT2D eigenvalue weighted by atomic mass is 35.5. The number of amides is 1. The summed E-state index contributed by atoms with van der Waals surface area (Å²) in [6.45, 7) is 1.55. The fourth-order valence-corrected chi connectivity index (χ4v) is 2.28. The van der Waals surface area contributed by atoms with Gasteiger partial charge in [-0.25, -0.2) is 0 Å². The quantitative estimate of drug-likeness (QED) is 0.764. The number of benzene rings is 2. The molecule has 0 saturated heterocycles. The Morgan fingerprint density at radius 1 is 1.25 bits per heavy atom. The lowest BCUT2D eigenvalue weighted by Gasteiger charge is -2.10. The van der Waals surface area contributed by atoms with E-state index in [0.717, 1.165) is 0 Å². The van der Waals surface area contributed by atoms with E-state index < -0.39 is 0 Å². The highest BCUT2D eigenvalue weighted by Crippen LogP contribution is 2.27. The van der Waals surface area contributed by atoms with E-state index in [-0.39, 0.29) is 12.5 Å². The van der Waals surface area contributed by atoms with Crippen molar-refractivity contribution in [3.63, 3.8) is 0 Å². The molecule has 0 spiro atoms. The van der Waals surface area contributed by atoms with Crippen molar-refractivity contribution in [3.8, 4) is 17.1 Å². The summed E-state index contributed by atoms with van der Waals surface area (Å²) in [6.07, 6.45) is 0. The first-order valence-electron chi connectivity index (χ1n) is 7.20. The molecule has 6 nitrogen and oxygen atoms in total. The Bertz CT molecular complexity index is 864. The Hall–Kier alpha value is -2.86. The summed E-state index contributed by atoms with van der Waals surface area (Å²) >= 11 is 5.89. The number of hydrogen-bond acceptors (Lipinski definition) is 5. The van der Waals surface area contributed by atoms with Crippen molar-refractivity contribution >= 4 is 23.2 Å². The summed E-state index contributed by atoms with van der Waals surface area (Å²) in [5, 5.41) is 7.14. The van der Waals surface area contributed by atoms with Gasteiger partial charge in [-0.1, -0.05) is 35.0 Å². The molecule has 0 bridgehead atoms. The van der Waals surface area contributed by atoms with Crippen LogP contribution in [0.25, 0.3) is 11.4 Å². The van der Waals surface area contributed by atoms with Crippen LogP contribution in [0.4, 0.5) is 5.69 Å². The van der Waals surface area contributed by atoms with Gasteiger partial charge in [0.15, 0.2) is 6.61 Å². The molecule has 1 aromatic heterocycles. The van der Waals surface area contributed by atoms with Crippen LogP contribution in [-0.4, -0.2) is 22.7 Å². The molecule has 122 valence electrons. The number of anilines is 1. The molecule has 0 aliphatic heterocycles. The van der Waals surface area contributed by atoms with Crippen LogP contribution in [-0.2, 0) is 4.79 Å². The molecular formula is C17H14ClN3O3. The van der Waals surface area contributed by atoms with Gasteiger partial charge in [0.25, 0.3) is 5.91 Å². The van der Waals surface area contributed by atoms with E-state index in [1.165, 1.54) is 0 Å². The van der Waals surface area contributed by atoms with Crippen LogP contribution in [0.5, 0.6) is 5.75 Å². The van der Waals surface area contributed by atoms with Crippen LogP contribution >= 0.6 is 11.6 Å². The first kappa shape index (κ1) is 16.0. The number of rotatable bonds is 5. The first-order valence-corrected chi connectivity index (χ1v) is 7.57.